The molecule has 0 radical (unpaired) electrons. The molecule has 0 atom stereocenters. The number of nitrogens with two attached hydrogens (primary N) is 1. The van der Waals surface area contributed by atoms with Crippen LogP contribution >= 0.6 is 11.8 Å². The smallest absolute Gasteiger partial charge is 0.255 e. The van der Waals surface area contributed by atoms with Crippen LogP contribution in [0.5, 0.6) is 0 Å². The van der Waals surface area contributed by atoms with Crippen molar-refractivity contribution in [2.75, 3.05) is 23.3 Å². The molecule has 35 heavy (non-hydrogen) atoms. The van der Waals surface area contributed by atoms with Gasteiger partial charge in [-0.15, -0.1) is 11.8 Å². The Labute approximate surface area is 208 Å². The average Bonchev–Trinajstić information content (AvgIpc) is 3.31. The highest BCUT2D eigenvalue weighted by Crippen LogP contribution is 2.26. The van der Waals surface area contributed by atoms with E-state index in [9.17, 15) is 9.59 Å². The van der Waals surface area contributed by atoms with Crippen LogP contribution in [0.4, 0.5) is 11.4 Å². The van der Waals surface area contributed by atoms with E-state index in [1.54, 1.807) is 11.8 Å². The first kappa shape index (κ1) is 23.0. The number of primary amides is 1. The molecule has 1 aliphatic heterocycles. The summed E-state index contributed by atoms with van der Waals surface area (Å²) in [5.74, 6) is 0.387. The van der Waals surface area contributed by atoms with Crippen LogP contribution in [0.15, 0.2) is 84.0 Å². The normalized spacial score (nSPS) is 14.2. The van der Waals surface area contributed by atoms with Gasteiger partial charge < -0.3 is 20.4 Å². The number of aromatic nitrogens is 2. The topological polar surface area (TPSA) is 92.7 Å². The first-order chi connectivity index (χ1) is 17.0. The van der Waals surface area contributed by atoms with Crippen molar-refractivity contribution in [1.29, 1.82) is 0 Å². The largest absolute Gasteiger partial charge is 0.371 e. The number of nitrogens with zero attached hydrogens (tertiary/aromatic N) is 3. The second kappa shape index (κ2) is 10.2. The lowest BCUT2D eigenvalue weighted by atomic mass is 9.96. The van der Waals surface area contributed by atoms with Gasteiger partial charge in [-0.3, -0.25) is 9.59 Å². The lowest BCUT2D eigenvalue weighted by Gasteiger charge is -2.32. The number of benzene rings is 2. The molecule has 0 spiro atoms. The van der Waals surface area contributed by atoms with E-state index in [1.165, 1.54) is 0 Å². The Morgan fingerprint density at radius 2 is 1.74 bits per heavy atom. The molecule has 3 N–H and O–H groups in total. The van der Waals surface area contributed by atoms with Crippen LogP contribution in [0.1, 0.15) is 28.9 Å². The summed E-state index contributed by atoms with van der Waals surface area (Å²) in [6.07, 6.45) is 5.59. The molecular formula is C27H27N5O2S. The zero-order valence-electron chi connectivity index (χ0n) is 19.3. The SMILES string of the molecule is NC(=O)C1CCN(c2ccc(NC(=O)c3ccc(SCc4cn5ccccc5n4)cc3)cc2)CC1. The Hall–Kier alpha value is -3.78. The lowest BCUT2D eigenvalue weighted by Crippen LogP contribution is -2.38. The number of piperidine rings is 1. The van der Waals surface area contributed by atoms with Crippen molar-refractivity contribution >= 4 is 40.6 Å². The van der Waals surface area contributed by atoms with E-state index in [2.05, 4.69) is 15.2 Å². The minimum Gasteiger partial charge on any atom is -0.371 e. The number of imidazole rings is 1. The summed E-state index contributed by atoms with van der Waals surface area (Å²) in [6.45, 7) is 1.61. The number of anilines is 2. The molecule has 1 fully saturated rings. The number of hydrogen-bond acceptors (Lipinski definition) is 5. The van der Waals surface area contributed by atoms with E-state index in [4.69, 9.17) is 5.73 Å². The van der Waals surface area contributed by atoms with E-state index in [1.807, 2.05) is 83.5 Å². The maximum absolute atomic E-state index is 12.7. The van der Waals surface area contributed by atoms with Crippen molar-refractivity contribution in [3.63, 3.8) is 0 Å². The standard InChI is InChI=1S/C27H27N5O2S/c28-26(33)19-12-15-31(16-13-19)23-8-6-21(7-9-23)30-27(34)20-4-10-24(11-5-20)35-18-22-17-32-14-2-1-3-25(32)29-22/h1-11,14,17,19H,12-13,15-16,18H2,(H2,28,33)(H,30,34). The van der Waals surface area contributed by atoms with Crippen LogP contribution in [0, 0.1) is 5.92 Å². The molecule has 2 aromatic carbocycles. The van der Waals surface area contributed by atoms with Crippen molar-refractivity contribution in [3.05, 3.63) is 90.4 Å². The molecule has 7 nitrogen and oxygen atoms in total. The monoisotopic (exact) mass is 485 g/mol. The van der Waals surface area contributed by atoms with Crippen LogP contribution in [0.3, 0.4) is 0 Å². The first-order valence-corrected chi connectivity index (χ1v) is 12.6. The highest BCUT2D eigenvalue weighted by atomic mass is 32.2. The van der Waals surface area contributed by atoms with E-state index >= 15 is 0 Å². The van der Waals surface area contributed by atoms with Gasteiger partial charge in [0.25, 0.3) is 5.91 Å². The summed E-state index contributed by atoms with van der Waals surface area (Å²) in [5, 5.41) is 2.96. The van der Waals surface area contributed by atoms with E-state index < -0.39 is 0 Å². The van der Waals surface area contributed by atoms with Crippen molar-refractivity contribution in [2.45, 2.75) is 23.5 Å². The van der Waals surface area contributed by atoms with Crippen LogP contribution in [0.2, 0.25) is 0 Å². The average molecular weight is 486 g/mol. The fourth-order valence-corrected chi connectivity index (χ4v) is 5.08. The Bertz CT molecular complexity index is 1290. The highest BCUT2D eigenvalue weighted by Gasteiger charge is 2.23. The Morgan fingerprint density at radius 3 is 2.43 bits per heavy atom. The molecule has 178 valence electrons. The summed E-state index contributed by atoms with van der Waals surface area (Å²) in [5.41, 5.74) is 9.82. The summed E-state index contributed by atoms with van der Waals surface area (Å²) in [6, 6.07) is 21.4. The molecule has 3 heterocycles. The second-order valence-electron chi connectivity index (χ2n) is 8.68. The van der Waals surface area contributed by atoms with Gasteiger partial charge in [-0.2, -0.15) is 0 Å². The van der Waals surface area contributed by atoms with E-state index in [0.29, 0.717) is 5.56 Å². The third-order valence-corrected chi connectivity index (χ3v) is 7.35. The van der Waals surface area contributed by atoms with Crippen molar-refractivity contribution in [2.24, 2.45) is 11.7 Å². The molecule has 0 aliphatic carbocycles. The molecular weight excluding hydrogens is 458 g/mol. The Kier molecular flexibility index (Phi) is 6.72. The number of hydrogen-bond donors (Lipinski definition) is 2. The maximum atomic E-state index is 12.7. The van der Waals surface area contributed by atoms with E-state index in [-0.39, 0.29) is 17.7 Å². The van der Waals surface area contributed by atoms with Crippen molar-refractivity contribution < 1.29 is 9.59 Å². The predicted octanol–water partition coefficient (Wildman–Crippen LogP) is 4.58. The molecule has 8 heteroatoms. The van der Waals surface area contributed by atoms with Gasteiger partial charge in [0, 0.05) is 59.0 Å². The number of amides is 2. The van der Waals surface area contributed by atoms with Gasteiger partial charge >= 0.3 is 0 Å². The fourth-order valence-electron chi connectivity index (χ4n) is 4.30. The van der Waals surface area contributed by atoms with Gasteiger partial charge in [0.15, 0.2) is 0 Å². The molecule has 0 bridgehead atoms. The van der Waals surface area contributed by atoms with Crippen LogP contribution in [-0.4, -0.2) is 34.3 Å². The van der Waals surface area contributed by atoms with Gasteiger partial charge in [0.2, 0.25) is 5.91 Å². The summed E-state index contributed by atoms with van der Waals surface area (Å²) < 4.78 is 2.02. The summed E-state index contributed by atoms with van der Waals surface area (Å²) >= 11 is 1.69. The third kappa shape index (κ3) is 5.49. The number of nitrogens with one attached hydrogen (secondary N) is 1. The highest BCUT2D eigenvalue weighted by molar-refractivity contribution is 7.98. The van der Waals surface area contributed by atoms with Crippen LogP contribution < -0.4 is 16.0 Å². The summed E-state index contributed by atoms with van der Waals surface area (Å²) in [7, 11) is 0. The van der Waals surface area contributed by atoms with Gasteiger partial charge in [-0.1, -0.05) is 6.07 Å². The molecule has 0 unspecified atom stereocenters. The molecule has 5 rings (SSSR count). The van der Waals surface area contributed by atoms with Crippen molar-refractivity contribution in [3.8, 4) is 0 Å². The second-order valence-corrected chi connectivity index (χ2v) is 9.72. The molecule has 0 saturated carbocycles. The van der Waals surface area contributed by atoms with E-state index in [0.717, 1.165) is 59.3 Å². The van der Waals surface area contributed by atoms with Gasteiger partial charge in [0.1, 0.15) is 5.65 Å². The summed E-state index contributed by atoms with van der Waals surface area (Å²) in [4.78, 5) is 32.0. The molecule has 2 aromatic heterocycles. The Morgan fingerprint density at radius 1 is 1.00 bits per heavy atom. The van der Waals surface area contributed by atoms with Crippen LogP contribution in [-0.2, 0) is 10.5 Å². The quantitative estimate of drug-likeness (QED) is 0.374. The fraction of sp³-hybridized carbons (Fsp3) is 0.222. The lowest BCUT2D eigenvalue weighted by molar-refractivity contribution is -0.122. The number of pyridine rings is 1. The molecule has 1 aliphatic rings. The van der Waals surface area contributed by atoms with Gasteiger partial charge in [-0.05, 0) is 73.5 Å². The maximum Gasteiger partial charge on any atom is 0.255 e. The number of carbonyl (C=O) groups excluding carboxylic acids is 2. The molecule has 2 amide bonds. The molecule has 1 saturated heterocycles. The zero-order chi connectivity index (χ0) is 24.2. The number of thioether (sulfide) groups is 1. The zero-order valence-corrected chi connectivity index (χ0v) is 20.1. The minimum atomic E-state index is -0.207. The molecule has 4 aromatic rings. The van der Waals surface area contributed by atoms with Gasteiger partial charge in [0.05, 0.1) is 5.69 Å². The Balaban J connectivity index is 1.14. The van der Waals surface area contributed by atoms with Crippen molar-refractivity contribution in [1.82, 2.24) is 9.38 Å². The third-order valence-electron chi connectivity index (χ3n) is 6.30. The van der Waals surface area contributed by atoms with Gasteiger partial charge in [-0.25, -0.2) is 4.98 Å². The predicted molar refractivity (Wildman–Crippen MR) is 140 cm³/mol. The minimum absolute atomic E-state index is 0.0273. The van der Waals surface area contributed by atoms with Crippen LogP contribution in [0.25, 0.3) is 5.65 Å². The number of fused-ring (bicyclic) bond motifs is 1. The number of rotatable bonds is 7. The first-order valence-electron chi connectivity index (χ1n) is 11.7. The number of carbonyl (C=O) groups is 2.